The quantitative estimate of drug-likeness (QED) is 0.630. The number of piperidine rings is 1. The fraction of sp³-hybridized carbons (Fsp3) is 0.357. The molecule has 0 saturated carbocycles. The van der Waals surface area contributed by atoms with Gasteiger partial charge in [-0.15, -0.1) is 0 Å². The Hall–Kier alpha value is -1.88. The molecule has 0 aromatic heterocycles. The Balaban J connectivity index is 2.27. The molecule has 106 valence electrons. The molecular formula is C14H14ClNO4. The summed E-state index contributed by atoms with van der Waals surface area (Å²) in [5.41, 5.74) is 0.573. The van der Waals surface area contributed by atoms with Crippen LogP contribution in [0.3, 0.4) is 0 Å². The van der Waals surface area contributed by atoms with Gasteiger partial charge in [-0.1, -0.05) is 17.7 Å². The van der Waals surface area contributed by atoms with Gasteiger partial charge in [0.25, 0.3) is 0 Å². The lowest BCUT2D eigenvalue weighted by atomic mass is 9.95. The lowest BCUT2D eigenvalue weighted by molar-refractivity contribution is -0.155. The number of carbonyl (C=O) groups excluding carboxylic acids is 3. The van der Waals surface area contributed by atoms with Gasteiger partial charge < -0.3 is 9.64 Å². The Morgan fingerprint density at radius 2 is 2.20 bits per heavy atom. The van der Waals surface area contributed by atoms with Gasteiger partial charge in [0.05, 0.1) is 6.61 Å². The average Bonchev–Trinajstić information content (AvgIpc) is 2.39. The van der Waals surface area contributed by atoms with Crippen LogP contribution in [0.4, 0.5) is 5.69 Å². The first-order valence-electron chi connectivity index (χ1n) is 6.31. The van der Waals surface area contributed by atoms with E-state index in [2.05, 4.69) is 0 Å². The molecular weight excluding hydrogens is 282 g/mol. The van der Waals surface area contributed by atoms with E-state index in [1.165, 1.54) is 4.90 Å². The number of esters is 1. The Labute approximate surface area is 121 Å². The van der Waals surface area contributed by atoms with Gasteiger partial charge >= 0.3 is 5.97 Å². The van der Waals surface area contributed by atoms with E-state index in [-0.39, 0.29) is 19.6 Å². The van der Waals surface area contributed by atoms with Crippen LogP contribution >= 0.6 is 11.6 Å². The lowest BCUT2D eigenvalue weighted by Crippen LogP contribution is -2.49. The number of ether oxygens (including phenoxy) is 1. The zero-order chi connectivity index (χ0) is 14.7. The molecule has 0 radical (unpaired) electrons. The van der Waals surface area contributed by atoms with Crippen molar-refractivity contribution in [3.63, 3.8) is 0 Å². The van der Waals surface area contributed by atoms with Crippen molar-refractivity contribution in [3.05, 3.63) is 29.3 Å². The maximum absolute atomic E-state index is 12.3. The fourth-order valence-corrected chi connectivity index (χ4v) is 2.31. The van der Waals surface area contributed by atoms with Crippen molar-refractivity contribution in [1.29, 1.82) is 0 Å². The van der Waals surface area contributed by atoms with Crippen molar-refractivity contribution in [2.75, 3.05) is 18.1 Å². The summed E-state index contributed by atoms with van der Waals surface area (Å²) in [6.07, 6.45) is 0.127. The Bertz CT molecular complexity index is 558. The third-order valence-electron chi connectivity index (χ3n) is 3.06. The number of hydrogen-bond acceptors (Lipinski definition) is 4. The van der Waals surface area contributed by atoms with Crippen LogP contribution in [0.5, 0.6) is 0 Å². The Morgan fingerprint density at radius 1 is 1.45 bits per heavy atom. The first-order valence-corrected chi connectivity index (χ1v) is 6.68. The number of carbonyl (C=O) groups is 3. The van der Waals surface area contributed by atoms with Crippen molar-refractivity contribution in [3.8, 4) is 0 Å². The molecule has 1 amide bonds. The van der Waals surface area contributed by atoms with E-state index in [4.69, 9.17) is 16.3 Å². The molecule has 2 rings (SSSR count). The molecule has 1 saturated heterocycles. The van der Waals surface area contributed by atoms with Gasteiger partial charge in [-0.2, -0.15) is 0 Å². The lowest BCUT2D eigenvalue weighted by Gasteiger charge is -2.30. The Morgan fingerprint density at radius 3 is 2.85 bits per heavy atom. The van der Waals surface area contributed by atoms with Gasteiger partial charge in [-0.05, 0) is 25.1 Å². The zero-order valence-corrected chi connectivity index (χ0v) is 11.7. The van der Waals surface area contributed by atoms with E-state index in [1.54, 1.807) is 31.2 Å². The largest absolute Gasteiger partial charge is 0.465 e. The van der Waals surface area contributed by atoms with Crippen LogP contribution < -0.4 is 4.90 Å². The Kier molecular flexibility index (Phi) is 4.39. The van der Waals surface area contributed by atoms with Crippen molar-refractivity contribution in [2.24, 2.45) is 5.92 Å². The van der Waals surface area contributed by atoms with Crippen LogP contribution in [0.1, 0.15) is 13.3 Å². The molecule has 0 aliphatic carbocycles. The molecule has 1 aromatic rings. The summed E-state index contributed by atoms with van der Waals surface area (Å²) in [7, 11) is 0. The second-order valence-electron chi connectivity index (χ2n) is 4.37. The summed E-state index contributed by atoms with van der Waals surface area (Å²) in [4.78, 5) is 37.3. The molecule has 20 heavy (non-hydrogen) atoms. The number of rotatable bonds is 3. The predicted molar refractivity (Wildman–Crippen MR) is 73.6 cm³/mol. The number of amides is 1. The van der Waals surface area contributed by atoms with Crippen molar-refractivity contribution in [2.45, 2.75) is 13.3 Å². The third-order valence-corrected chi connectivity index (χ3v) is 3.29. The van der Waals surface area contributed by atoms with Crippen molar-refractivity contribution >= 4 is 34.9 Å². The van der Waals surface area contributed by atoms with Crippen LogP contribution in [0.25, 0.3) is 0 Å². The molecule has 1 aliphatic rings. The van der Waals surface area contributed by atoms with Gasteiger partial charge in [0, 0.05) is 23.7 Å². The highest BCUT2D eigenvalue weighted by atomic mass is 35.5. The van der Waals surface area contributed by atoms with Gasteiger partial charge in [-0.25, -0.2) is 0 Å². The molecule has 0 bridgehead atoms. The minimum Gasteiger partial charge on any atom is -0.465 e. The summed E-state index contributed by atoms with van der Waals surface area (Å²) in [5, 5.41) is 0.486. The zero-order valence-electron chi connectivity index (χ0n) is 11.0. The summed E-state index contributed by atoms with van der Waals surface area (Å²) < 4.78 is 4.80. The molecule has 1 unspecified atom stereocenters. The number of halogens is 1. The van der Waals surface area contributed by atoms with E-state index in [0.717, 1.165) is 0 Å². The van der Waals surface area contributed by atoms with E-state index in [9.17, 15) is 14.4 Å². The average molecular weight is 296 g/mol. The second kappa shape index (κ2) is 6.05. The summed E-state index contributed by atoms with van der Waals surface area (Å²) in [6.45, 7) is 2.01. The number of nitrogens with zero attached hydrogens (tertiary/aromatic N) is 1. The summed E-state index contributed by atoms with van der Waals surface area (Å²) >= 11 is 5.89. The van der Waals surface area contributed by atoms with E-state index in [0.29, 0.717) is 10.7 Å². The van der Waals surface area contributed by atoms with E-state index < -0.39 is 23.6 Å². The van der Waals surface area contributed by atoms with E-state index >= 15 is 0 Å². The summed E-state index contributed by atoms with van der Waals surface area (Å²) in [5.74, 6) is -3.09. The van der Waals surface area contributed by atoms with Crippen molar-refractivity contribution < 1.29 is 19.1 Å². The first kappa shape index (κ1) is 14.5. The molecule has 0 N–H and O–H groups in total. The van der Waals surface area contributed by atoms with Gasteiger partial charge in [0.1, 0.15) is 0 Å². The molecule has 5 nitrogen and oxygen atoms in total. The second-order valence-corrected chi connectivity index (χ2v) is 4.81. The van der Waals surface area contributed by atoms with Crippen LogP contribution in [0, 0.1) is 5.92 Å². The maximum atomic E-state index is 12.3. The normalized spacial score (nSPS) is 19.1. The standard InChI is InChI=1S/C14H14ClNO4/c1-2-20-14(19)12-11(17)6-7-16(13(12)18)10-5-3-4-9(15)8-10/h3-5,8,12H,2,6-7H2,1H3. The molecule has 1 fully saturated rings. The number of hydrogen-bond donors (Lipinski definition) is 0. The maximum Gasteiger partial charge on any atom is 0.326 e. The molecule has 1 aromatic carbocycles. The predicted octanol–water partition coefficient (Wildman–Crippen LogP) is 1.83. The van der Waals surface area contributed by atoms with Gasteiger partial charge in [0.15, 0.2) is 11.7 Å². The third kappa shape index (κ3) is 2.82. The van der Waals surface area contributed by atoms with Gasteiger partial charge in [0.2, 0.25) is 5.91 Å². The summed E-state index contributed by atoms with van der Waals surface area (Å²) in [6, 6.07) is 6.73. The SMILES string of the molecule is CCOC(=O)C1C(=O)CCN(c2cccc(Cl)c2)C1=O. The fourth-order valence-electron chi connectivity index (χ4n) is 2.13. The molecule has 1 heterocycles. The minimum absolute atomic E-state index is 0.127. The number of benzene rings is 1. The van der Waals surface area contributed by atoms with E-state index in [1.807, 2.05) is 0 Å². The minimum atomic E-state index is -1.36. The monoisotopic (exact) mass is 295 g/mol. The topological polar surface area (TPSA) is 63.7 Å². The smallest absolute Gasteiger partial charge is 0.326 e. The van der Waals surface area contributed by atoms with Crippen LogP contribution in [0.2, 0.25) is 5.02 Å². The molecule has 1 atom stereocenters. The number of ketones is 1. The number of anilines is 1. The first-order chi connectivity index (χ1) is 9.54. The van der Waals surface area contributed by atoms with Crippen LogP contribution in [-0.2, 0) is 19.1 Å². The van der Waals surface area contributed by atoms with Crippen LogP contribution in [-0.4, -0.2) is 30.8 Å². The molecule has 1 aliphatic heterocycles. The van der Waals surface area contributed by atoms with Crippen LogP contribution in [0.15, 0.2) is 24.3 Å². The highest BCUT2D eigenvalue weighted by Crippen LogP contribution is 2.25. The highest BCUT2D eigenvalue weighted by Gasteiger charge is 2.42. The number of Topliss-reactive ketones (excluding diaryl/α,β-unsaturated/α-hetero) is 1. The van der Waals surface area contributed by atoms with Crippen molar-refractivity contribution in [1.82, 2.24) is 0 Å². The highest BCUT2D eigenvalue weighted by molar-refractivity contribution is 6.31. The molecule has 0 spiro atoms. The molecule has 6 heteroatoms. The van der Waals surface area contributed by atoms with Gasteiger partial charge in [-0.3, -0.25) is 14.4 Å².